The number of nitrogen functional groups attached to an aromatic ring is 1. The normalized spacial score (nSPS) is 10.7. The van der Waals surface area contributed by atoms with Crippen molar-refractivity contribution in [2.75, 3.05) is 29.6 Å². The van der Waals surface area contributed by atoms with Crippen LogP contribution in [0.5, 0.6) is 5.75 Å². The van der Waals surface area contributed by atoms with Gasteiger partial charge in [0.25, 0.3) is 0 Å². The third kappa shape index (κ3) is 4.56. The quantitative estimate of drug-likeness (QED) is 0.595. The van der Waals surface area contributed by atoms with Gasteiger partial charge in [-0.3, -0.25) is 0 Å². The molecule has 0 spiro atoms. The van der Waals surface area contributed by atoms with Gasteiger partial charge in [-0.25, -0.2) is 4.39 Å². The number of anilines is 2. The van der Waals surface area contributed by atoms with Gasteiger partial charge in [0.15, 0.2) is 11.6 Å². The van der Waals surface area contributed by atoms with Crippen molar-refractivity contribution >= 4 is 23.1 Å². The lowest BCUT2D eigenvalue weighted by atomic mass is 10.2. The van der Waals surface area contributed by atoms with Gasteiger partial charge < -0.3 is 15.8 Å². The van der Waals surface area contributed by atoms with Gasteiger partial charge in [0.1, 0.15) is 0 Å². The van der Waals surface area contributed by atoms with Crippen LogP contribution in [-0.4, -0.2) is 25.2 Å². The second-order valence-corrected chi connectivity index (χ2v) is 4.51. The Bertz CT molecular complexity index is 391. The maximum Gasteiger partial charge on any atom is 0.387 e. The zero-order valence-corrected chi connectivity index (χ0v) is 10.7. The van der Waals surface area contributed by atoms with Crippen LogP contribution in [0.1, 0.15) is 6.42 Å². The molecule has 7 heteroatoms. The molecule has 0 amide bonds. The standard InChI is InChI=1S/C11H15F3N2OS/c1-18-4-2-3-16-9-6-10(17-11(13)14)7(12)5-8(9)15/h5-6,11,16H,2-4,15H2,1H3. The van der Waals surface area contributed by atoms with E-state index in [0.29, 0.717) is 12.2 Å². The monoisotopic (exact) mass is 280 g/mol. The average molecular weight is 280 g/mol. The van der Waals surface area contributed by atoms with Crippen LogP contribution in [0.3, 0.4) is 0 Å². The first kappa shape index (κ1) is 14.8. The van der Waals surface area contributed by atoms with Gasteiger partial charge in [-0.2, -0.15) is 20.5 Å². The Balaban J connectivity index is 2.71. The number of hydrogen-bond donors (Lipinski definition) is 2. The number of halogens is 3. The van der Waals surface area contributed by atoms with Gasteiger partial charge in [0.2, 0.25) is 0 Å². The maximum atomic E-state index is 13.3. The molecule has 1 aromatic rings. The van der Waals surface area contributed by atoms with Crippen molar-refractivity contribution in [1.82, 2.24) is 0 Å². The van der Waals surface area contributed by atoms with Crippen molar-refractivity contribution in [1.29, 1.82) is 0 Å². The lowest BCUT2D eigenvalue weighted by Gasteiger charge is -2.12. The molecule has 0 unspecified atom stereocenters. The van der Waals surface area contributed by atoms with Crippen LogP contribution in [0.4, 0.5) is 24.5 Å². The number of hydrogen-bond acceptors (Lipinski definition) is 4. The number of nitrogens with one attached hydrogen (secondary N) is 1. The molecule has 3 nitrogen and oxygen atoms in total. The molecule has 18 heavy (non-hydrogen) atoms. The van der Waals surface area contributed by atoms with Crippen molar-refractivity contribution in [3.63, 3.8) is 0 Å². The number of rotatable bonds is 7. The predicted octanol–water partition coefficient (Wildman–Crippen LogP) is 3.17. The van der Waals surface area contributed by atoms with Crippen LogP contribution >= 0.6 is 11.8 Å². The molecular formula is C11H15F3N2OS. The van der Waals surface area contributed by atoms with E-state index in [-0.39, 0.29) is 5.69 Å². The molecule has 0 saturated heterocycles. The molecule has 0 radical (unpaired) electrons. The Morgan fingerprint density at radius 2 is 2.17 bits per heavy atom. The highest BCUT2D eigenvalue weighted by Crippen LogP contribution is 2.29. The Morgan fingerprint density at radius 3 is 2.78 bits per heavy atom. The summed E-state index contributed by atoms with van der Waals surface area (Å²) < 4.78 is 41.4. The van der Waals surface area contributed by atoms with E-state index in [1.807, 2.05) is 6.26 Å². The van der Waals surface area contributed by atoms with Gasteiger partial charge in [0.05, 0.1) is 11.4 Å². The zero-order valence-electron chi connectivity index (χ0n) is 9.88. The number of benzene rings is 1. The fraction of sp³-hybridized carbons (Fsp3) is 0.455. The average Bonchev–Trinajstić information content (AvgIpc) is 2.29. The lowest BCUT2D eigenvalue weighted by Crippen LogP contribution is -2.08. The third-order valence-corrected chi connectivity index (χ3v) is 2.86. The van der Waals surface area contributed by atoms with Crippen LogP contribution in [0.25, 0.3) is 0 Å². The van der Waals surface area contributed by atoms with Crippen LogP contribution in [0.15, 0.2) is 12.1 Å². The van der Waals surface area contributed by atoms with Gasteiger partial charge in [0, 0.05) is 18.7 Å². The SMILES string of the molecule is CSCCCNc1cc(OC(F)F)c(F)cc1N. The first-order valence-corrected chi connectivity index (χ1v) is 6.70. The molecule has 0 aliphatic heterocycles. The summed E-state index contributed by atoms with van der Waals surface area (Å²) in [6.07, 6.45) is 2.88. The molecule has 0 fully saturated rings. The van der Waals surface area contributed by atoms with E-state index in [1.54, 1.807) is 11.8 Å². The number of thioether (sulfide) groups is 1. The van der Waals surface area contributed by atoms with Crippen LogP contribution in [-0.2, 0) is 0 Å². The molecule has 102 valence electrons. The first-order chi connectivity index (χ1) is 8.54. The summed E-state index contributed by atoms with van der Waals surface area (Å²) in [6, 6.07) is 2.12. The second-order valence-electron chi connectivity index (χ2n) is 3.52. The Morgan fingerprint density at radius 1 is 1.44 bits per heavy atom. The summed E-state index contributed by atoms with van der Waals surface area (Å²) in [5.74, 6) is -0.442. The Labute approximate surface area is 108 Å². The van der Waals surface area contributed by atoms with Crippen LogP contribution < -0.4 is 15.8 Å². The van der Waals surface area contributed by atoms with E-state index in [0.717, 1.165) is 24.3 Å². The molecule has 0 aromatic heterocycles. The van der Waals surface area contributed by atoms with E-state index < -0.39 is 18.2 Å². The minimum Gasteiger partial charge on any atom is -0.432 e. The van der Waals surface area contributed by atoms with Gasteiger partial charge in [-0.05, 0) is 18.4 Å². The Hall–Kier alpha value is -1.24. The number of ether oxygens (including phenoxy) is 1. The zero-order chi connectivity index (χ0) is 13.5. The number of nitrogens with two attached hydrogens (primary N) is 1. The van der Waals surface area contributed by atoms with Crippen molar-refractivity contribution < 1.29 is 17.9 Å². The summed E-state index contributed by atoms with van der Waals surface area (Å²) in [6.45, 7) is -2.43. The van der Waals surface area contributed by atoms with E-state index in [4.69, 9.17) is 5.73 Å². The molecule has 3 N–H and O–H groups in total. The van der Waals surface area contributed by atoms with Crippen molar-refractivity contribution in [2.24, 2.45) is 0 Å². The Kier molecular flexibility index (Phi) is 5.97. The topological polar surface area (TPSA) is 47.3 Å². The van der Waals surface area contributed by atoms with Gasteiger partial charge in [-0.1, -0.05) is 0 Å². The van der Waals surface area contributed by atoms with E-state index in [1.165, 1.54) is 0 Å². The number of alkyl halides is 2. The molecule has 0 bridgehead atoms. The highest BCUT2D eigenvalue weighted by atomic mass is 32.2. The van der Waals surface area contributed by atoms with Crippen LogP contribution in [0.2, 0.25) is 0 Å². The second kappa shape index (κ2) is 7.25. The molecular weight excluding hydrogens is 265 g/mol. The minimum absolute atomic E-state index is 0.165. The molecule has 0 aliphatic rings. The first-order valence-electron chi connectivity index (χ1n) is 5.31. The van der Waals surface area contributed by atoms with Gasteiger partial charge >= 0.3 is 6.61 Å². The summed E-state index contributed by atoms with van der Waals surface area (Å²) >= 11 is 1.70. The van der Waals surface area contributed by atoms with E-state index in [9.17, 15) is 13.2 Å². The molecule has 0 saturated carbocycles. The molecule has 1 aromatic carbocycles. The highest BCUT2D eigenvalue weighted by molar-refractivity contribution is 7.98. The van der Waals surface area contributed by atoms with Crippen molar-refractivity contribution in [2.45, 2.75) is 13.0 Å². The highest BCUT2D eigenvalue weighted by Gasteiger charge is 2.13. The smallest absolute Gasteiger partial charge is 0.387 e. The van der Waals surface area contributed by atoms with E-state index in [2.05, 4.69) is 10.1 Å². The summed E-state index contributed by atoms with van der Waals surface area (Å²) in [4.78, 5) is 0. The van der Waals surface area contributed by atoms with Crippen molar-refractivity contribution in [3.05, 3.63) is 17.9 Å². The van der Waals surface area contributed by atoms with E-state index >= 15 is 0 Å². The molecule has 0 atom stereocenters. The van der Waals surface area contributed by atoms with Crippen LogP contribution in [0, 0.1) is 5.82 Å². The van der Waals surface area contributed by atoms with Gasteiger partial charge in [-0.15, -0.1) is 0 Å². The predicted molar refractivity (Wildman–Crippen MR) is 68.9 cm³/mol. The summed E-state index contributed by atoms with van der Waals surface area (Å²) in [5, 5.41) is 2.96. The fourth-order valence-electron chi connectivity index (χ4n) is 1.35. The minimum atomic E-state index is -3.06. The summed E-state index contributed by atoms with van der Waals surface area (Å²) in [5.41, 5.74) is 6.15. The molecule has 1 rings (SSSR count). The molecule has 0 heterocycles. The molecule has 0 aliphatic carbocycles. The maximum absolute atomic E-state index is 13.3. The third-order valence-electron chi connectivity index (χ3n) is 2.16. The lowest BCUT2D eigenvalue weighted by molar-refractivity contribution is -0.0521. The van der Waals surface area contributed by atoms with Crippen molar-refractivity contribution in [3.8, 4) is 5.75 Å². The fourth-order valence-corrected chi connectivity index (χ4v) is 1.78. The summed E-state index contributed by atoms with van der Waals surface area (Å²) in [7, 11) is 0. The largest absolute Gasteiger partial charge is 0.432 e.